The van der Waals surface area contributed by atoms with Crippen molar-refractivity contribution < 1.29 is 18.0 Å². The summed E-state index contributed by atoms with van der Waals surface area (Å²) in [6.07, 6.45) is -4.65. The first kappa shape index (κ1) is 15.3. The maximum absolute atomic E-state index is 12.4. The highest BCUT2D eigenvalue weighted by atomic mass is 35.5. The fraction of sp³-hybridized carbons (Fsp3) is 0.400. The molecule has 0 radical (unpaired) electrons. The summed E-state index contributed by atoms with van der Waals surface area (Å²) in [6, 6.07) is 0.535. The van der Waals surface area contributed by atoms with E-state index in [-0.39, 0.29) is 16.7 Å². The lowest BCUT2D eigenvalue weighted by Gasteiger charge is -2.09. The standard InChI is InChI=1S/C10H10ClF3N6O/c1-4(7-16-9(18-17-7)10(12,13)14)15-8(21)5-3-6(11)20(2)19-5/h3-4H,1-2H3,(H,15,21)(H,16,17,18). The summed E-state index contributed by atoms with van der Waals surface area (Å²) in [5.74, 6) is -1.99. The molecular weight excluding hydrogens is 313 g/mol. The van der Waals surface area contributed by atoms with E-state index in [0.717, 1.165) is 0 Å². The Labute approximate surface area is 121 Å². The lowest BCUT2D eigenvalue weighted by Crippen LogP contribution is -2.28. The molecule has 114 valence electrons. The number of carbonyl (C=O) groups excluding carboxylic acids is 1. The number of hydrogen-bond acceptors (Lipinski definition) is 4. The van der Waals surface area contributed by atoms with Gasteiger partial charge in [-0.15, -0.1) is 5.10 Å². The zero-order valence-corrected chi connectivity index (χ0v) is 11.6. The second kappa shape index (κ2) is 5.35. The molecule has 1 unspecified atom stereocenters. The summed E-state index contributed by atoms with van der Waals surface area (Å²) in [7, 11) is 1.55. The van der Waals surface area contributed by atoms with Crippen LogP contribution in [0.5, 0.6) is 0 Å². The van der Waals surface area contributed by atoms with Crippen LogP contribution in [0.25, 0.3) is 0 Å². The minimum absolute atomic E-state index is 0.0462. The minimum Gasteiger partial charge on any atom is -0.341 e. The molecule has 11 heteroatoms. The Hall–Kier alpha value is -2.10. The molecule has 0 saturated carbocycles. The van der Waals surface area contributed by atoms with Crippen LogP contribution in [0.15, 0.2) is 6.07 Å². The monoisotopic (exact) mass is 322 g/mol. The molecule has 2 heterocycles. The lowest BCUT2D eigenvalue weighted by atomic mass is 10.3. The van der Waals surface area contributed by atoms with E-state index >= 15 is 0 Å². The van der Waals surface area contributed by atoms with Crippen molar-refractivity contribution in [3.8, 4) is 0 Å². The van der Waals surface area contributed by atoms with Gasteiger partial charge in [-0.3, -0.25) is 14.6 Å². The number of nitrogens with zero attached hydrogens (tertiary/aromatic N) is 4. The highest BCUT2D eigenvalue weighted by Crippen LogP contribution is 2.26. The largest absolute Gasteiger partial charge is 0.453 e. The number of alkyl halides is 3. The molecule has 2 N–H and O–H groups in total. The average molecular weight is 323 g/mol. The minimum atomic E-state index is -4.65. The van der Waals surface area contributed by atoms with Crippen molar-refractivity contribution in [2.45, 2.75) is 19.1 Å². The number of carbonyl (C=O) groups is 1. The van der Waals surface area contributed by atoms with E-state index in [1.165, 1.54) is 17.7 Å². The van der Waals surface area contributed by atoms with Gasteiger partial charge < -0.3 is 5.32 Å². The Morgan fingerprint density at radius 1 is 1.52 bits per heavy atom. The summed E-state index contributed by atoms with van der Waals surface area (Å²) >= 11 is 5.75. The molecule has 0 aromatic carbocycles. The number of aromatic nitrogens is 5. The molecule has 0 aliphatic rings. The average Bonchev–Trinajstić information content (AvgIpc) is 2.97. The fourth-order valence-corrected chi connectivity index (χ4v) is 1.63. The number of hydrogen-bond donors (Lipinski definition) is 2. The summed E-state index contributed by atoms with van der Waals surface area (Å²) in [4.78, 5) is 15.2. The highest BCUT2D eigenvalue weighted by Gasteiger charge is 2.36. The molecule has 0 spiro atoms. The van der Waals surface area contributed by atoms with Crippen LogP contribution >= 0.6 is 11.6 Å². The van der Waals surface area contributed by atoms with Crippen molar-refractivity contribution in [1.29, 1.82) is 0 Å². The molecule has 1 amide bonds. The summed E-state index contributed by atoms with van der Waals surface area (Å²) in [5.41, 5.74) is 0.0462. The Bertz CT molecular complexity index is 645. The van der Waals surface area contributed by atoms with E-state index in [4.69, 9.17) is 11.6 Å². The van der Waals surface area contributed by atoms with Crippen molar-refractivity contribution in [2.75, 3.05) is 0 Å². The van der Waals surface area contributed by atoms with Crippen molar-refractivity contribution in [1.82, 2.24) is 30.3 Å². The first-order valence-electron chi connectivity index (χ1n) is 5.68. The number of amides is 1. The van der Waals surface area contributed by atoms with Gasteiger partial charge in [-0.25, -0.2) is 4.98 Å². The van der Waals surface area contributed by atoms with Crippen LogP contribution in [-0.2, 0) is 13.2 Å². The van der Waals surface area contributed by atoms with Crippen LogP contribution in [0.1, 0.15) is 35.1 Å². The van der Waals surface area contributed by atoms with Crippen LogP contribution in [0.3, 0.4) is 0 Å². The molecule has 0 aliphatic heterocycles. The molecule has 0 bridgehead atoms. The Kier molecular flexibility index (Phi) is 3.90. The van der Waals surface area contributed by atoms with E-state index in [1.807, 2.05) is 0 Å². The molecular formula is C10H10ClF3N6O. The number of H-pyrrole nitrogens is 1. The number of aryl methyl sites for hydroxylation is 1. The fourth-order valence-electron chi connectivity index (χ4n) is 1.49. The topological polar surface area (TPSA) is 88.5 Å². The molecule has 2 aromatic rings. The first-order chi connectivity index (χ1) is 9.68. The van der Waals surface area contributed by atoms with Gasteiger partial charge in [-0.05, 0) is 6.92 Å². The van der Waals surface area contributed by atoms with E-state index in [2.05, 4.69) is 25.6 Å². The van der Waals surface area contributed by atoms with Gasteiger partial charge in [0.2, 0.25) is 0 Å². The quantitative estimate of drug-likeness (QED) is 0.900. The van der Waals surface area contributed by atoms with Gasteiger partial charge in [0.05, 0.1) is 6.04 Å². The van der Waals surface area contributed by atoms with Gasteiger partial charge in [-0.1, -0.05) is 11.6 Å². The maximum atomic E-state index is 12.4. The van der Waals surface area contributed by atoms with Crippen LogP contribution in [-0.4, -0.2) is 30.9 Å². The lowest BCUT2D eigenvalue weighted by molar-refractivity contribution is -0.144. The predicted molar refractivity (Wildman–Crippen MR) is 65.5 cm³/mol. The van der Waals surface area contributed by atoms with Gasteiger partial charge in [0, 0.05) is 13.1 Å². The van der Waals surface area contributed by atoms with E-state index in [1.54, 1.807) is 7.05 Å². The van der Waals surface area contributed by atoms with Crippen molar-refractivity contribution in [3.63, 3.8) is 0 Å². The van der Waals surface area contributed by atoms with Crippen LogP contribution in [0.2, 0.25) is 5.15 Å². The Balaban J connectivity index is 2.09. The molecule has 0 fully saturated rings. The summed E-state index contributed by atoms with van der Waals surface area (Å²) in [5, 5.41) is 11.7. The third-order valence-corrected chi connectivity index (χ3v) is 2.92. The number of rotatable bonds is 3. The van der Waals surface area contributed by atoms with Crippen LogP contribution in [0, 0.1) is 0 Å². The van der Waals surface area contributed by atoms with Gasteiger partial charge in [0.15, 0.2) is 5.69 Å². The summed E-state index contributed by atoms with van der Waals surface area (Å²) in [6.45, 7) is 1.46. The van der Waals surface area contributed by atoms with Gasteiger partial charge >= 0.3 is 6.18 Å². The SMILES string of the molecule is CC(NC(=O)c1cc(Cl)n(C)n1)c1nc(C(F)(F)F)n[nH]1. The normalized spacial score (nSPS) is 13.2. The number of aromatic amines is 1. The van der Waals surface area contributed by atoms with E-state index in [0.29, 0.717) is 0 Å². The molecule has 0 aliphatic carbocycles. The molecule has 21 heavy (non-hydrogen) atoms. The zero-order valence-electron chi connectivity index (χ0n) is 10.9. The van der Waals surface area contributed by atoms with Gasteiger partial charge in [0.1, 0.15) is 11.0 Å². The van der Waals surface area contributed by atoms with Crippen LogP contribution in [0.4, 0.5) is 13.2 Å². The zero-order chi connectivity index (χ0) is 15.8. The van der Waals surface area contributed by atoms with Crippen molar-refractivity contribution in [2.24, 2.45) is 7.05 Å². The molecule has 1 atom stereocenters. The van der Waals surface area contributed by atoms with Gasteiger partial charge in [-0.2, -0.15) is 18.3 Å². The second-order valence-electron chi connectivity index (χ2n) is 4.21. The Morgan fingerprint density at radius 3 is 2.67 bits per heavy atom. The highest BCUT2D eigenvalue weighted by molar-refractivity contribution is 6.29. The predicted octanol–water partition coefficient (Wildman–Crippen LogP) is 1.70. The molecule has 7 nitrogen and oxygen atoms in total. The van der Waals surface area contributed by atoms with E-state index in [9.17, 15) is 18.0 Å². The first-order valence-corrected chi connectivity index (χ1v) is 6.06. The molecule has 0 saturated heterocycles. The third kappa shape index (κ3) is 3.32. The van der Waals surface area contributed by atoms with Crippen LogP contribution < -0.4 is 5.32 Å². The second-order valence-corrected chi connectivity index (χ2v) is 4.60. The molecule has 2 aromatic heterocycles. The maximum Gasteiger partial charge on any atom is 0.453 e. The molecule has 2 rings (SSSR count). The summed E-state index contributed by atoms with van der Waals surface area (Å²) < 4.78 is 38.4. The number of nitrogens with one attached hydrogen (secondary N) is 2. The van der Waals surface area contributed by atoms with Crippen molar-refractivity contribution >= 4 is 17.5 Å². The van der Waals surface area contributed by atoms with Crippen molar-refractivity contribution in [3.05, 3.63) is 28.6 Å². The third-order valence-electron chi connectivity index (χ3n) is 2.57. The Morgan fingerprint density at radius 2 is 2.19 bits per heavy atom. The van der Waals surface area contributed by atoms with Gasteiger partial charge in [0.25, 0.3) is 11.7 Å². The van der Waals surface area contributed by atoms with E-state index < -0.39 is 23.9 Å². The smallest absolute Gasteiger partial charge is 0.341 e. The number of halogens is 4.